The van der Waals surface area contributed by atoms with Crippen molar-refractivity contribution in [2.75, 3.05) is 0 Å². The Morgan fingerprint density at radius 1 is 0.362 bits per heavy atom. The van der Waals surface area contributed by atoms with Crippen LogP contribution >= 0.6 is 11.3 Å². The predicted octanol–water partition coefficient (Wildman–Crippen LogP) is 14.8. The molecular weight excluding hydrogens is 727 g/mol. The van der Waals surface area contributed by atoms with Crippen molar-refractivity contribution in [2.45, 2.75) is 0 Å². The molecule has 0 unspecified atom stereocenters. The molecule has 58 heavy (non-hydrogen) atoms. The molecular formula is C53H31N3OS. The van der Waals surface area contributed by atoms with E-state index < -0.39 is 0 Å². The van der Waals surface area contributed by atoms with Crippen LogP contribution in [0.15, 0.2) is 192 Å². The number of pyridine rings is 1. The third-order valence-electron chi connectivity index (χ3n) is 11.3. The van der Waals surface area contributed by atoms with Crippen LogP contribution in [0.25, 0.3) is 120 Å². The molecule has 0 fully saturated rings. The lowest BCUT2D eigenvalue weighted by atomic mass is 9.95. The molecule has 0 aliphatic rings. The van der Waals surface area contributed by atoms with Crippen LogP contribution in [0.5, 0.6) is 0 Å². The van der Waals surface area contributed by atoms with Crippen LogP contribution in [0, 0.1) is 0 Å². The second-order valence-electron chi connectivity index (χ2n) is 14.7. The molecule has 0 saturated heterocycles. The Balaban J connectivity index is 1.000. The van der Waals surface area contributed by atoms with Crippen LogP contribution in [0.4, 0.5) is 0 Å². The average Bonchev–Trinajstić information content (AvgIpc) is 3.87. The van der Waals surface area contributed by atoms with Crippen molar-refractivity contribution in [1.29, 1.82) is 0 Å². The molecule has 4 nitrogen and oxygen atoms in total. The lowest BCUT2D eigenvalue weighted by Crippen LogP contribution is -1.96. The molecule has 0 N–H and O–H groups in total. The van der Waals surface area contributed by atoms with Crippen molar-refractivity contribution >= 4 is 75.1 Å². The van der Waals surface area contributed by atoms with Gasteiger partial charge in [0.1, 0.15) is 11.2 Å². The van der Waals surface area contributed by atoms with E-state index in [2.05, 4.69) is 140 Å². The van der Waals surface area contributed by atoms with E-state index in [1.165, 1.54) is 41.9 Å². The molecule has 0 atom stereocenters. The number of furan rings is 1. The van der Waals surface area contributed by atoms with Gasteiger partial charge in [0.2, 0.25) is 0 Å². The van der Waals surface area contributed by atoms with Gasteiger partial charge in [0.25, 0.3) is 0 Å². The Kier molecular flexibility index (Phi) is 7.37. The fourth-order valence-corrected chi connectivity index (χ4v) is 9.67. The standard InChI is InChI=1S/C53H31N3OS/c1-3-12-33(13-4-1)43-31-44(56-53(55-43)40-18-11-21-46-49(40)38-17-8-10-20-45(38)57-46)34-24-22-32(23-25-34)36-26-28-47-41(30-36)51-48(58-47)29-27-39-50(51)37-16-7-9-19-42(37)54-52(39)35-14-5-2-6-15-35/h1-31H. The highest BCUT2D eigenvalue weighted by Crippen LogP contribution is 2.45. The van der Waals surface area contributed by atoms with Crippen LogP contribution in [-0.2, 0) is 0 Å². The highest BCUT2D eigenvalue weighted by atomic mass is 32.1. The summed E-state index contributed by atoms with van der Waals surface area (Å²) in [6.07, 6.45) is 0. The monoisotopic (exact) mass is 757 g/mol. The Bertz CT molecular complexity index is 3550. The van der Waals surface area contributed by atoms with Crippen molar-refractivity contribution in [1.82, 2.24) is 15.0 Å². The molecule has 4 heterocycles. The topological polar surface area (TPSA) is 51.8 Å². The van der Waals surface area contributed by atoms with E-state index in [1.807, 2.05) is 59.9 Å². The van der Waals surface area contributed by atoms with E-state index in [4.69, 9.17) is 19.4 Å². The van der Waals surface area contributed by atoms with Gasteiger partial charge < -0.3 is 4.42 Å². The van der Waals surface area contributed by atoms with Gasteiger partial charge in [-0.3, -0.25) is 0 Å². The van der Waals surface area contributed by atoms with Crippen LogP contribution in [0.3, 0.4) is 0 Å². The highest BCUT2D eigenvalue weighted by molar-refractivity contribution is 7.26. The van der Waals surface area contributed by atoms with Crippen molar-refractivity contribution in [3.63, 3.8) is 0 Å². The fraction of sp³-hybridized carbons (Fsp3) is 0. The number of thiophene rings is 1. The first-order valence-electron chi connectivity index (χ1n) is 19.4. The molecule has 0 amide bonds. The fourth-order valence-electron chi connectivity index (χ4n) is 8.57. The van der Waals surface area contributed by atoms with Crippen molar-refractivity contribution in [3.05, 3.63) is 188 Å². The zero-order valence-corrected chi connectivity index (χ0v) is 31.9. The largest absolute Gasteiger partial charge is 0.456 e. The average molecular weight is 758 g/mol. The number of fused-ring (bicyclic) bond motifs is 10. The van der Waals surface area contributed by atoms with Gasteiger partial charge in [-0.25, -0.2) is 15.0 Å². The quantitative estimate of drug-likeness (QED) is 0.164. The van der Waals surface area contributed by atoms with E-state index in [-0.39, 0.29) is 0 Å². The van der Waals surface area contributed by atoms with E-state index in [1.54, 1.807) is 0 Å². The van der Waals surface area contributed by atoms with Crippen molar-refractivity contribution < 1.29 is 4.42 Å². The summed E-state index contributed by atoms with van der Waals surface area (Å²) >= 11 is 1.85. The number of aromatic nitrogens is 3. The number of nitrogens with zero attached hydrogens (tertiary/aromatic N) is 3. The van der Waals surface area contributed by atoms with Crippen molar-refractivity contribution in [2.24, 2.45) is 0 Å². The van der Waals surface area contributed by atoms with Gasteiger partial charge >= 0.3 is 0 Å². The second-order valence-corrected chi connectivity index (χ2v) is 15.8. The predicted molar refractivity (Wildman–Crippen MR) is 242 cm³/mol. The third kappa shape index (κ3) is 5.25. The smallest absolute Gasteiger partial charge is 0.161 e. The zero-order chi connectivity index (χ0) is 38.2. The van der Waals surface area contributed by atoms with Gasteiger partial charge in [-0.05, 0) is 53.6 Å². The molecule has 5 heteroatoms. The van der Waals surface area contributed by atoms with E-state index in [0.29, 0.717) is 5.82 Å². The number of hydrogen-bond donors (Lipinski definition) is 0. The Hall–Kier alpha value is -7.47. The summed E-state index contributed by atoms with van der Waals surface area (Å²) in [5.74, 6) is 0.665. The van der Waals surface area contributed by atoms with Crippen molar-refractivity contribution in [3.8, 4) is 56.3 Å². The SMILES string of the molecule is c1ccc(-c2cc(-c3ccc(-c4ccc5sc6ccc7c(-c8ccccc8)nc8ccccc8c7c6c5c4)cc3)nc(-c3cccc4oc5ccccc5c34)n2)cc1. The summed E-state index contributed by atoms with van der Waals surface area (Å²) < 4.78 is 8.80. The minimum absolute atomic E-state index is 0.665. The minimum Gasteiger partial charge on any atom is -0.456 e. The van der Waals surface area contributed by atoms with E-state index in [9.17, 15) is 0 Å². The van der Waals surface area contributed by atoms with Gasteiger partial charge in [-0.15, -0.1) is 11.3 Å². The minimum atomic E-state index is 0.665. The molecule has 270 valence electrons. The molecule has 0 aliphatic carbocycles. The van der Waals surface area contributed by atoms with Gasteiger partial charge in [0.05, 0.1) is 22.6 Å². The van der Waals surface area contributed by atoms with Crippen LogP contribution in [-0.4, -0.2) is 15.0 Å². The number of hydrogen-bond acceptors (Lipinski definition) is 5. The summed E-state index contributed by atoms with van der Waals surface area (Å²) in [5.41, 5.74) is 11.9. The summed E-state index contributed by atoms with van der Waals surface area (Å²) in [7, 11) is 0. The summed E-state index contributed by atoms with van der Waals surface area (Å²) in [4.78, 5) is 15.6. The zero-order valence-electron chi connectivity index (χ0n) is 31.1. The van der Waals surface area contributed by atoms with Crippen LogP contribution in [0.2, 0.25) is 0 Å². The molecule has 0 aliphatic heterocycles. The first kappa shape index (κ1) is 32.7. The van der Waals surface area contributed by atoms with E-state index >= 15 is 0 Å². The number of rotatable bonds is 5. The molecule has 0 bridgehead atoms. The third-order valence-corrected chi connectivity index (χ3v) is 12.4. The second kappa shape index (κ2) is 13.1. The molecule has 4 aromatic heterocycles. The molecule has 0 radical (unpaired) electrons. The van der Waals surface area contributed by atoms with E-state index in [0.717, 1.165) is 72.4 Å². The molecule has 12 rings (SSSR count). The van der Waals surface area contributed by atoms with Crippen LogP contribution < -0.4 is 0 Å². The maximum Gasteiger partial charge on any atom is 0.161 e. The first-order chi connectivity index (χ1) is 28.7. The first-order valence-corrected chi connectivity index (χ1v) is 20.2. The highest BCUT2D eigenvalue weighted by Gasteiger charge is 2.19. The molecule has 8 aromatic carbocycles. The normalized spacial score (nSPS) is 11.8. The maximum absolute atomic E-state index is 6.25. The molecule has 12 aromatic rings. The Morgan fingerprint density at radius 3 is 1.81 bits per heavy atom. The summed E-state index contributed by atoms with van der Waals surface area (Å²) in [6, 6.07) is 66.0. The van der Waals surface area contributed by atoms with Gasteiger partial charge in [-0.2, -0.15) is 0 Å². The summed E-state index contributed by atoms with van der Waals surface area (Å²) in [5, 5.41) is 8.22. The molecule has 0 saturated carbocycles. The lowest BCUT2D eigenvalue weighted by Gasteiger charge is -2.12. The van der Waals surface area contributed by atoms with Gasteiger partial charge in [0.15, 0.2) is 5.82 Å². The van der Waals surface area contributed by atoms with Crippen LogP contribution in [0.1, 0.15) is 0 Å². The number of benzene rings is 8. The van der Waals surface area contributed by atoms with Gasteiger partial charge in [0, 0.05) is 69.4 Å². The summed E-state index contributed by atoms with van der Waals surface area (Å²) in [6.45, 7) is 0. The van der Waals surface area contributed by atoms with Gasteiger partial charge in [-0.1, -0.05) is 146 Å². The lowest BCUT2D eigenvalue weighted by molar-refractivity contribution is 0.669. The Labute approximate surface area is 337 Å². The number of para-hydroxylation sites is 2. The Morgan fingerprint density at radius 2 is 1.00 bits per heavy atom. The molecule has 0 spiro atoms. The maximum atomic E-state index is 6.25.